The summed E-state index contributed by atoms with van der Waals surface area (Å²) in [6.07, 6.45) is 0. The zero-order valence-corrected chi connectivity index (χ0v) is 9.10. The first-order valence-electron chi connectivity index (χ1n) is 4.04. The predicted molar refractivity (Wildman–Crippen MR) is 55.3 cm³/mol. The van der Waals surface area contributed by atoms with E-state index in [0.717, 1.165) is 11.3 Å². The molecule has 0 aliphatic carbocycles. The van der Waals surface area contributed by atoms with E-state index in [1.807, 2.05) is 0 Å². The van der Waals surface area contributed by atoms with Crippen LogP contribution in [0.25, 0.3) is 0 Å². The van der Waals surface area contributed by atoms with E-state index in [9.17, 15) is 9.59 Å². The fourth-order valence-corrected chi connectivity index (χ4v) is 1.55. The molecule has 0 spiro atoms. The highest BCUT2D eigenvalue weighted by Crippen LogP contribution is 2.21. The maximum Gasteiger partial charge on any atom is 0.286 e. The van der Waals surface area contributed by atoms with Crippen LogP contribution in [-0.4, -0.2) is 23.9 Å². The third-order valence-electron chi connectivity index (χ3n) is 1.59. The normalized spacial score (nSPS) is 12.6. The molecule has 86 valence electrons. The van der Waals surface area contributed by atoms with Gasteiger partial charge in [0.1, 0.15) is 7.11 Å². The standard InChI is InChI=1S/C7H9N5O3S/c1-15-12-11-6(14)4(5(8)13)3-2-16-7(9)10-3/h2,4H,1H3,(H2,8,13)(H2,9,10). The smallest absolute Gasteiger partial charge is 0.286 e. The predicted octanol–water partition coefficient (Wildman–Crippen LogP) is -0.166. The first-order valence-corrected chi connectivity index (χ1v) is 4.92. The molecule has 8 nitrogen and oxygen atoms in total. The average Bonchev–Trinajstić information content (AvgIpc) is 2.61. The van der Waals surface area contributed by atoms with Crippen LogP contribution in [0.3, 0.4) is 0 Å². The lowest BCUT2D eigenvalue weighted by Gasteiger charge is -2.04. The third-order valence-corrected chi connectivity index (χ3v) is 2.28. The summed E-state index contributed by atoms with van der Waals surface area (Å²) in [6, 6.07) is 0. The summed E-state index contributed by atoms with van der Waals surface area (Å²) < 4.78 is 0. The number of nitrogen functional groups attached to an aromatic ring is 1. The Balaban J connectivity index is 2.96. The van der Waals surface area contributed by atoms with Gasteiger partial charge in [0.25, 0.3) is 5.91 Å². The number of nitrogens with zero attached hydrogens (tertiary/aromatic N) is 3. The SMILES string of the molecule is CON=NC(=O)C(C(N)=O)c1csc(N)n1. The van der Waals surface area contributed by atoms with E-state index in [4.69, 9.17) is 11.5 Å². The van der Waals surface area contributed by atoms with E-state index < -0.39 is 17.7 Å². The van der Waals surface area contributed by atoms with Crippen molar-refractivity contribution in [3.8, 4) is 0 Å². The molecular weight excluding hydrogens is 234 g/mol. The first-order chi connectivity index (χ1) is 7.56. The molecule has 1 rings (SSSR count). The van der Waals surface area contributed by atoms with Crippen molar-refractivity contribution in [1.82, 2.24) is 4.98 Å². The number of nitrogens with two attached hydrogens (primary N) is 2. The number of hydrogen-bond acceptors (Lipinski definition) is 7. The summed E-state index contributed by atoms with van der Waals surface area (Å²) in [5, 5.41) is 7.85. The molecule has 0 bridgehead atoms. The lowest BCUT2D eigenvalue weighted by atomic mass is 10.1. The van der Waals surface area contributed by atoms with Gasteiger partial charge < -0.3 is 16.3 Å². The molecule has 0 saturated heterocycles. The van der Waals surface area contributed by atoms with Crippen molar-refractivity contribution in [1.29, 1.82) is 0 Å². The van der Waals surface area contributed by atoms with Crippen molar-refractivity contribution in [3.63, 3.8) is 0 Å². The fraction of sp³-hybridized carbons (Fsp3) is 0.286. The summed E-state index contributed by atoms with van der Waals surface area (Å²) in [5.74, 6) is -3.00. The molecule has 0 radical (unpaired) electrons. The Morgan fingerprint density at radius 3 is 2.75 bits per heavy atom. The van der Waals surface area contributed by atoms with Crippen LogP contribution in [0.15, 0.2) is 15.8 Å². The molecule has 9 heteroatoms. The topological polar surface area (TPSA) is 133 Å². The van der Waals surface area contributed by atoms with Gasteiger partial charge in [0, 0.05) is 10.7 Å². The first kappa shape index (κ1) is 12.0. The lowest BCUT2D eigenvalue weighted by molar-refractivity contribution is -0.128. The molecule has 2 amide bonds. The van der Waals surface area contributed by atoms with Crippen molar-refractivity contribution in [3.05, 3.63) is 11.1 Å². The van der Waals surface area contributed by atoms with E-state index in [-0.39, 0.29) is 10.8 Å². The van der Waals surface area contributed by atoms with Gasteiger partial charge in [-0.1, -0.05) is 5.11 Å². The third kappa shape index (κ3) is 2.73. The maximum atomic E-state index is 11.4. The maximum absolute atomic E-state index is 11.4. The van der Waals surface area contributed by atoms with E-state index >= 15 is 0 Å². The molecule has 0 aromatic carbocycles. The Morgan fingerprint density at radius 1 is 1.62 bits per heavy atom. The number of aromatic nitrogens is 1. The molecule has 16 heavy (non-hydrogen) atoms. The number of hydrogen-bond donors (Lipinski definition) is 2. The van der Waals surface area contributed by atoms with Crippen LogP contribution < -0.4 is 11.5 Å². The summed E-state index contributed by atoms with van der Waals surface area (Å²) in [6.45, 7) is 0. The van der Waals surface area contributed by atoms with E-state index in [1.54, 1.807) is 0 Å². The molecule has 0 aliphatic rings. The molecule has 1 heterocycles. The van der Waals surface area contributed by atoms with E-state index in [1.165, 1.54) is 12.5 Å². The second kappa shape index (κ2) is 5.16. The van der Waals surface area contributed by atoms with Crippen molar-refractivity contribution >= 4 is 28.3 Å². The minimum Gasteiger partial charge on any atom is -0.383 e. The molecule has 0 aliphatic heterocycles. The van der Waals surface area contributed by atoms with Crippen LogP contribution in [0.2, 0.25) is 0 Å². The van der Waals surface area contributed by atoms with Gasteiger partial charge in [0.15, 0.2) is 11.0 Å². The van der Waals surface area contributed by atoms with Gasteiger partial charge in [-0.2, -0.15) is 0 Å². The van der Waals surface area contributed by atoms with Crippen LogP contribution in [0.1, 0.15) is 11.6 Å². The molecule has 4 N–H and O–H groups in total. The van der Waals surface area contributed by atoms with Gasteiger partial charge in [0.05, 0.1) is 5.69 Å². The van der Waals surface area contributed by atoms with Crippen LogP contribution in [0.4, 0.5) is 5.13 Å². The Kier molecular flexibility index (Phi) is 3.89. The molecule has 1 atom stereocenters. The van der Waals surface area contributed by atoms with E-state index in [0.29, 0.717) is 0 Å². The highest BCUT2D eigenvalue weighted by molar-refractivity contribution is 7.13. The fourth-order valence-electron chi connectivity index (χ4n) is 0.966. The summed E-state index contributed by atoms with van der Waals surface area (Å²) in [4.78, 5) is 30.6. The van der Waals surface area contributed by atoms with Gasteiger partial charge in [-0.15, -0.1) is 11.3 Å². The summed E-state index contributed by atoms with van der Waals surface area (Å²) in [7, 11) is 1.22. The highest BCUT2D eigenvalue weighted by atomic mass is 32.1. The summed E-state index contributed by atoms with van der Waals surface area (Å²) >= 11 is 1.09. The Labute approximate surface area is 94.3 Å². The van der Waals surface area contributed by atoms with Crippen molar-refractivity contribution in [2.75, 3.05) is 12.8 Å². The number of carbonyl (C=O) groups is 2. The quantitative estimate of drug-likeness (QED) is 0.430. The largest absolute Gasteiger partial charge is 0.383 e. The molecule has 1 unspecified atom stereocenters. The second-order valence-electron chi connectivity index (χ2n) is 2.65. The minimum absolute atomic E-state index is 0.162. The van der Waals surface area contributed by atoms with Gasteiger partial charge in [0.2, 0.25) is 5.91 Å². The Hall–Kier alpha value is -2.03. The van der Waals surface area contributed by atoms with Gasteiger partial charge in [-0.3, -0.25) is 9.59 Å². The zero-order chi connectivity index (χ0) is 12.1. The molecule has 0 saturated carbocycles. The molecule has 1 aromatic rings. The van der Waals surface area contributed by atoms with Crippen LogP contribution in [0, 0.1) is 0 Å². The molecule has 1 aromatic heterocycles. The minimum atomic E-state index is -1.28. The van der Waals surface area contributed by atoms with Gasteiger partial charge in [-0.05, 0) is 0 Å². The zero-order valence-electron chi connectivity index (χ0n) is 8.28. The average molecular weight is 243 g/mol. The number of amides is 2. The van der Waals surface area contributed by atoms with Crippen LogP contribution in [0.5, 0.6) is 0 Å². The molecule has 0 fully saturated rings. The van der Waals surface area contributed by atoms with Gasteiger partial charge in [-0.25, -0.2) is 4.98 Å². The van der Waals surface area contributed by atoms with Gasteiger partial charge >= 0.3 is 0 Å². The summed E-state index contributed by atoms with van der Waals surface area (Å²) in [5.41, 5.74) is 10.6. The Bertz CT molecular complexity index is 429. The molecular formula is C7H9N5O3S. The van der Waals surface area contributed by atoms with Crippen molar-refractivity contribution in [2.45, 2.75) is 5.92 Å². The van der Waals surface area contributed by atoms with Crippen molar-refractivity contribution in [2.24, 2.45) is 16.1 Å². The monoisotopic (exact) mass is 243 g/mol. The Morgan fingerprint density at radius 2 is 2.31 bits per heavy atom. The highest BCUT2D eigenvalue weighted by Gasteiger charge is 2.29. The number of carbonyl (C=O) groups excluding carboxylic acids is 2. The van der Waals surface area contributed by atoms with E-state index in [2.05, 4.69) is 20.2 Å². The number of primary amides is 1. The number of rotatable bonds is 4. The number of thiazole rings is 1. The van der Waals surface area contributed by atoms with Crippen molar-refractivity contribution < 1.29 is 14.4 Å². The number of anilines is 1. The lowest BCUT2D eigenvalue weighted by Crippen LogP contribution is -2.27. The van der Waals surface area contributed by atoms with Crippen LogP contribution >= 0.6 is 11.3 Å². The second-order valence-corrected chi connectivity index (χ2v) is 3.54. The van der Waals surface area contributed by atoms with Crippen LogP contribution in [-0.2, 0) is 14.4 Å².